The highest BCUT2D eigenvalue weighted by Crippen LogP contribution is 2.33. The van der Waals surface area contributed by atoms with E-state index in [-0.39, 0.29) is 11.8 Å². The molecule has 0 saturated heterocycles. The van der Waals surface area contributed by atoms with Gasteiger partial charge in [0.2, 0.25) is 5.91 Å². The van der Waals surface area contributed by atoms with Gasteiger partial charge in [-0.05, 0) is 25.7 Å². The number of carboxylic acid groups (broad SMARTS) is 1. The number of nitrogens with one attached hydrogen (secondary N) is 1. The third-order valence-electron chi connectivity index (χ3n) is 3.58. The van der Waals surface area contributed by atoms with Crippen molar-refractivity contribution < 1.29 is 14.7 Å². The summed E-state index contributed by atoms with van der Waals surface area (Å²) in [5.74, 6) is -1.31. The van der Waals surface area contributed by atoms with Crippen LogP contribution < -0.4 is 5.32 Å². The zero-order chi connectivity index (χ0) is 13.6. The number of amides is 1. The molecule has 100 valence electrons. The Balaban J connectivity index is 2.80. The Morgan fingerprint density at radius 1 is 1.33 bits per heavy atom. The molecule has 1 fully saturated rings. The monoisotopic (exact) mass is 251 g/mol. The van der Waals surface area contributed by atoms with Crippen molar-refractivity contribution in [2.75, 3.05) is 0 Å². The van der Waals surface area contributed by atoms with Gasteiger partial charge in [-0.3, -0.25) is 4.79 Å². The Labute approximate surface area is 108 Å². The second-order valence-electron chi connectivity index (χ2n) is 4.80. The molecule has 2 unspecified atom stereocenters. The van der Waals surface area contributed by atoms with Gasteiger partial charge in [-0.25, -0.2) is 4.79 Å². The SMILES string of the molecule is C/C=C/C=C/C(=O)NC1(C(=O)O)CCCCC1C. The highest BCUT2D eigenvalue weighted by molar-refractivity contribution is 5.93. The predicted octanol–water partition coefficient (Wildman–Crippen LogP) is 2.27. The van der Waals surface area contributed by atoms with Crippen LogP contribution in [0.1, 0.15) is 39.5 Å². The molecule has 1 aliphatic rings. The molecule has 1 rings (SSSR count). The van der Waals surface area contributed by atoms with Crippen LogP contribution in [-0.2, 0) is 9.59 Å². The van der Waals surface area contributed by atoms with Gasteiger partial charge in [0.25, 0.3) is 0 Å². The van der Waals surface area contributed by atoms with Crippen LogP contribution >= 0.6 is 0 Å². The van der Waals surface area contributed by atoms with Gasteiger partial charge in [0.05, 0.1) is 0 Å². The molecular weight excluding hydrogens is 230 g/mol. The Morgan fingerprint density at radius 2 is 2.06 bits per heavy atom. The van der Waals surface area contributed by atoms with Gasteiger partial charge in [0.1, 0.15) is 5.54 Å². The summed E-state index contributed by atoms with van der Waals surface area (Å²) >= 11 is 0. The van der Waals surface area contributed by atoms with E-state index in [2.05, 4.69) is 5.32 Å². The molecule has 1 amide bonds. The van der Waals surface area contributed by atoms with Crippen LogP contribution in [0.5, 0.6) is 0 Å². The Hall–Kier alpha value is -1.58. The van der Waals surface area contributed by atoms with Crippen molar-refractivity contribution in [1.82, 2.24) is 5.32 Å². The second-order valence-corrected chi connectivity index (χ2v) is 4.80. The van der Waals surface area contributed by atoms with Crippen molar-refractivity contribution in [2.24, 2.45) is 5.92 Å². The lowest BCUT2D eigenvalue weighted by atomic mass is 9.73. The van der Waals surface area contributed by atoms with Crippen LogP contribution in [0.4, 0.5) is 0 Å². The molecule has 0 radical (unpaired) electrons. The summed E-state index contributed by atoms with van der Waals surface area (Å²) in [6, 6.07) is 0. The first-order valence-electron chi connectivity index (χ1n) is 6.38. The van der Waals surface area contributed by atoms with Crippen molar-refractivity contribution in [2.45, 2.75) is 45.1 Å². The predicted molar refractivity (Wildman–Crippen MR) is 70.1 cm³/mol. The number of hydrogen-bond acceptors (Lipinski definition) is 2. The largest absolute Gasteiger partial charge is 0.479 e. The van der Waals surface area contributed by atoms with Gasteiger partial charge in [0.15, 0.2) is 0 Å². The van der Waals surface area contributed by atoms with Gasteiger partial charge in [-0.1, -0.05) is 38.0 Å². The number of carbonyl (C=O) groups excluding carboxylic acids is 1. The molecule has 0 bridgehead atoms. The molecule has 0 aromatic carbocycles. The average Bonchev–Trinajstić information content (AvgIpc) is 2.32. The summed E-state index contributed by atoms with van der Waals surface area (Å²) in [4.78, 5) is 23.2. The fourth-order valence-corrected chi connectivity index (χ4v) is 2.42. The number of allylic oxidation sites excluding steroid dienone is 3. The number of aliphatic carboxylic acids is 1. The van der Waals surface area contributed by atoms with Gasteiger partial charge in [-0.15, -0.1) is 0 Å². The van der Waals surface area contributed by atoms with Crippen molar-refractivity contribution >= 4 is 11.9 Å². The zero-order valence-corrected chi connectivity index (χ0v) is 11.0. The maximum Gasteiger partial charge on any atom is 0.329 e. The van der Waals surface area contributed by atoms with Crippen LogP contribution in [0.25, 0.3) is 0 Å². The van der Waals surface area contributed by atoms with Crippen molar-refractivity contribution in [1.29, 1.82) is 0 Å². The lowest BCUT2D eigenvalue weighted by Crippen LogP contribution is -2.59. The van der Waals surface area contributed by atoms with Crippen LogP contribution in [0.15, 0.2) is 24.3 Å². The molecule has 1 saturated carbocycles. The molecule has 2 atom stereocenters. The van der Waals surface area contributed by atoms with Gasteiger partial charge in [-0.2, -0.15) is 0 Å². The van der Waals surface area contributed by atoms with E-state index in [0.29, 0.717) is 6.42 Å². The quantitative estimate of drug-likeness (QED) is 0.595. The standard InChI is InChI=1S/C14H21NO3/c1-3-4-5-9-12(16)15-14(13(17)18)10-7-6-8-11(14)2/h3-5,9,11H,6-8,10H2,1-2H3,(H,15,16)(H,17,18)/b4-3+,9-5+. The molecule has 4 heteroatoms. The Kier molecular flexibility index (Phi) is 5.13. The second kappa shape index (κ2) is 6.38. The summed E-state index contributed by atoms with van der Waals surface area (Å²) in [7, 11) is 0. The van der Waals surface area contributed by atoms with Gasteiger partial charge < -0.3 is 10.4 Å². The molecule has 0 heterocycles. The maximum absolute atomic E-state index is 11.7. The van der Waals surface area contributed by atoms with E-state index in [1.54, 1.807) is 18.2 Å². The highest BCUT2D eigenvalue weighted by Gasteiger charge is 2.45. The molecule has 4 nitrogen and oxygen atoms in total. The summed E-state index contributed by atoms with van der Waals surface area (Å²) in [5, 5.41) is 12.1. The molecule has 0 aromatic rings. The minimum atomic E-state index is -1.10. The lowest BCUT2D eigenvalue weighted by molar-refractivity contribution is -0.151. The minimum Gasteiger partial charge on any atom is -0.479 e. The van der Waals surface area contributed by atoms with Crippen LogP contribution in [0.3, 0.4) is 0 Å². The molecule has 1 aliphatic carbocycles. The third kappa shape index (κ3) is 3.22. The van der Waals surface area contributed by atoms with Gasteiger partial charge >= 0.3 is 5.97 Å². The van der Waals surface area contributed by atoms with E-state index in [1.807, 2.05) is 13.8 Å². The van der Waals surface area contributed by atoms with Crippen LogP contribution in [-0.4, -0.2) is 22.5 Å². The Bertz CT molecular complexity index is 373. The molecular formula is C14H21NO3. The lowest BCUT2D eigenvalue weighted by Gasteiger charge is -2.39. The highest BCUT2D eigenvalue weighted by atomic mass is 16.4. The molecule has 0 aliphatic heterocycles. The van der Waals surface area contributed by atoms with Gasteiger partial charge in [0, 0.05) is 6.08 Å². The first-order chi connectivity index (χ1) is 8.53. The summed E-state index contributed by atoms with van der Waals surface area (Å²) in [6.07, 6.45) is 9.73. The first kappa shape index (κ1) is 14.5. The number of hydrogen-bond donors (Lipinski definition) is 2. The van der Waals surface area contributed by atoms with Crippen LogP contribution in [0.2, 0.25) is 0 Å². The smallest absolute Gasteiger partial charge is 0.329 e. The summed E-state index contributed by atoms with van der Waals surface area (Å²) in [5.41, 5.74) is -1.10. The average molecular weight is 251 g/mol. The maximum atomic E-state index is 11.7. The van der Waals surface area contributed by atoms with Crippen molar-refractivity contribution in [3.8, 4) is 0 Å². The zero-order valence-electron chi connectivity index (χ0n) is 11.0. The first-order valence-corrected chi connectivity index (χ1v) is 6.38. The number of carbonyl (C=O) groups is 2. The van der Waals surface area contributed by atoms with E-state index in [9.17, 15) is 14.7 Å². The van der Waals surface area contributed by atoms with E-state index in [4.69, 9.17) is 0 Å². The molecule has 0 spiro atoms. The van der Waals surface area contributed by atoms with Crippen LogP contribution in [0, 0.1) is 5.92 Å². The Morgan fingerprint density at radius 3 is 2.61 bits per heavy atom. The number of carboxylic acids is 1. The van der Waals surface area contributed by atoms with Crippen molar-refractivity contribution in [3.05, 3.63) is 24.3 Å². The van der Waals surface area contributed by atoms with E-state index in [0.717, 1.165) is 19.3 Å². The fourth-order valence-electron chi connectivity index (χ4n) is 2.42. The summed E-state index contributed by atoms with van der Waals surface area (Å²) in [6.45, 7) is 3.74. The van der Waals surface area contributed by atoms with E-state index >= 15 is 0 Å². The topological polar surface area (TPSA) is 66.4 Å². The minimum absolute atomic E-state index is 0.0391. The normalized spacial score (nSPS) is 28.7. The number of rotatable bonds is 4. The van der Waals surface area contributed by atoms with E-state index < -0.39 is 11.5 Å². The van der Waals surface area contributed by atoms with Crippen molar-refractivity contribution in [3.63, 3.8) is 0 Å². The van der Waals surface area contributed by atoms with E-state index in [1.165, 1.54) is 6.08 Å². The molecule has 2 N–H and O–H groups in total. The third-order valence-corrected chi connectivity index (χ3v) is 3.58. The fraction of sp³-hybridized carbons (Fsp3) is 0.571. The molecule has 18 heavy (non-hydrogen) atoms. The summed E-state index contributed by atoms with van der Waals surface area (Å²) < 4.78 is 0. The molecule has 0 aromatic heterocycles.